The van der Waals surface area contributed by atoms with E-state index in [-0.39, 0.29) is 40.8 Å². The zero-order chi connectivity index (χ0) is 26.6. The van der Waals surface area contributed by atoms with Gasteiger partial charge in [-0.1, -0.05) is 49.7 Å². The van der Waals surface area contributed by atoms with E-state index < -0.39 is 22.1 Å². The number of nitrogens with zero attached hydrogens (tertiary/aromatic N) is 4. The van der Waals surface area contributed by atoms with Gasteiger partial charge < -0.3 is 0 Å². The van der Waals surface area contributed by atoms with Gasteiger partial charge in [-0.05, 0) is 12.0 Å². The number of fused-ring (bicyclic) bond motifs is 3. The predicted molar refractivity (Wildman–Crippen MR) is 137 cm³/mol. The third-order valence-corrected chi connectivity index (χ3v) is 7.01. The van der Waals surface area contributed by atoms with Gasteiger partial charge >= 0.3 is 5.69 Å². The third kappa shape index (κ3) is 3.47. The number of amides is 1. The molecule has 10 nitrogen and oxygen atoms in total. The monoisotopic (exact) mass is 500 g/mol. The van der Waals surface area contributed by atoms with Gasteiger partial charge in [0, 0.05) is 55.3 Å². The van der Waals surface area contributed by atoms with Crippen LogP contribution in [0.5, 0.6) is 0 Å². The number of anilines is 1. The molecule has 1 aromatic heterocycles. The number of unbranched alkanes of at least 4 members (excludes halogenated alkanes) is 1. The zero-order valence-electron chi connectivity index (χ0n) is 20.6. The van der Waals surface area contributed by atoms with E-state index in [2.05, 4.69) is 0 Å². The smallest absolute Gasteiger partial charge is 0.289 e. The molecule has 1 atom stereocenters. The van der Waals surface area contributed by atoms with Gasteiger partial charge in [0.2, 0.25) is 5.91 Å². The first-order valence-electron chi connectivity index (χ1n) is 11.9. The Balaban J connectivity index is 1.93. The number of carbonyl (C=O) groups is 2. The molecule has 10 heteroatoms. The van der Waals surface area contributed by atoms with Crippen molar-refractivity contribution in [3.05, 3.63) is 107 Å². The van der Waals surface area contributed by atoms with Crippen molar-refractivity contribution in [1.82, 2.24) is 9.13 Å². The quantitative estimate of drug-likeness (QED) is 0.391. The number of Topliss-reactive ketones (excluding diaryl/α,β-unsaturated/α-hetero) is 1. The van der Waals surface area contributed by atoms with Crippen LogP contribution in [0.25, 0.3) is 5.70 Å². The van der Waals surface area contributed by atoms with E-state index in [9.17, 15) is 29.3 Å². The van der Waals surface area contributed by atoms with E-state index in [1.807, 2.05) is 6.92 Å². The van der Waals surface area contributed by atoms with Crippen LogP contribution >= 0.6 is 0 Å². The molecule has 0 unspecified atom stereocenters. The fraction of sp³-hybridized carbons (Fsp3) is 0.259. The number of nitro benzene ring substituents is 1. The topological polar surface area (TPSA) is 125 Å². The zero-order valence-corrected chi connectivity index (χ0v) is 20.6. The molecular formula is C27H24N4O6. The van der Waals surface area contributed by atoms with Gasteiger partial charge in [-0.2, -0.15) is 0 Å². The van der Waals surface area contributed by atoms with Crippen LogP contribution in [0.2, 0.25) is 0 Å². The Morgan fingerprint density at radius 3 is 2.38 bits per heavy atom. The Morgan fingerprint density at radius 2 is 1.70 bits per heavy atom. The summed E-state index contributed by atoms with van der Waals surface area (Å²) in [6.45, 7) is 1.94. The Hall–Kier alpha value is -4.60. The number of aromatic nitrogens is 2. The number of hydrogen-bond acceptors (Lipinski definition) is 6. The second kappa shape index (κ2) is 8.81. The molecule has 0 bridgehead atoms. The van der Waals surface area contributed by atoms with Crippen LogP contribution in [0.15, 0.2) is 63.7 Å². The summed E-state index contributed by atoms with van der Waals surface area (Å²) >= 11 is 0. The molecule has 0 fully saturated rings. The number of allylic oxidation sites excluding steroid dienone is 1. The minimum Gasteiger partial charge on any atom is -0.289 e. The van der Waals surface area contributed by atoms with Crippen LogP contribution in [-0.4, -0.2) is 25.7 Å². The van der Waals surface area contributed by atoms with Crippen molar-refractivity contribution in [2.45, 2.75) is 32.1 Å². The molecule has 0 spiro atoms. The summed E-state index contributed by atoms with van der Waals surface area (Å²) < 4.78 is 2.16. The van der Waals surface area contributed by atoms with Crippen molar-refractivity contribution in [1.29, 1.82) is 0 Å². The normalized spacial score (nSPS) is 15.9. The number of hydrogen-bond donors (Lipinski definition) is 0. The number of non-ortho nitro benzene ring substituents is 1. The lowest BCUT2D eigenvalue weighted by molar-refractivity contribution is -0.384. The Kier molecular flexibility index (Phi) is 5.74. The molecular weight excluding hydrogens is 476 g/mol. The average molecular weight is 501 g/mol. The first kappa shape index (κ1) is 24.1. The highest BCUT2D eigenvalue weighted by Gasteiger charge is 2.47. The maximum atomic E-state index is 13.9. The second-order valence-electron chi connectivity index (χ2n) is 9.20. The highest BCUT2D eigenvalue weighted by Crippen LogP contribution is 2.51. The summed E-state index contributed by atoms with van der Waals surface area (Å²) in [5.74, 6) is -1.66. The van der Waals surface area contributed by atoms with E-state index in [1.54, 1.807) is 30.3 Å². The largest absolute Gasteiger partial charge is 0.332 e. The van der Waals surface area contributed by atoms with Crippen LogP contribution < -0.4 is 16.1 Å². The van der Waals surface area contributed by atoms with Gasteiger partial charge in [0.1, 0.15) is 5.82 Å². The van der Waals surface area contributed by atoms with E-state index in [1.165, 1.54) is 41.8 Å². The predicted octanol–water partition coefficient (Wildman–Crippen LogP) is 3.27. The van der Waals surface area contributed by atoms with E-state index >= 15 is 0 Å². The number of ketones is 1. The summed E-state index contributed by atoms with van der Waals surface area (Å²) in [4.78, 5) is 66.7. The number of nitro groups is 1. The number of benzene rings is 2. The molecule has 0 saturated carbocycles. The standard InChI is InChI=1S/C27H24N4O6/c1-4-5-13-19(32)30-23-17-11-6-7-12-18(17)24(33)21(23)20(15-9-8-10-16(14-15)31(36)37)22-25(30)28(2)27(35)29(3)26(22)34/h6-12,14,20H,4-5,13H2,1-3H3/t20-/m0/s1. The fourth-order valence-electron chi connectivity index (χ4n) is 5.26. The minimum absolute atomic E-state index is 0.0508. The van der Waals surface area contributed by atoms with Crippen LogP contribution in [-0.2, 0) is 18.9 Å². The summed E-state index contributed by atoms with van der Waals surface area (Å²) in [5.41, 5.74) is 0.286. The second-order valence-corrected chi connectivity index (χ2v) is 9.20. The SMILES string of the molecule is CCCCC(=O)N1C2=C(C(=O)c3ccccc32)[C@H](c2cccc([N+](=O)[O-])c2)c2c1n(C)c(=O)n(C)c2=O. The van der Waals surface area contributed by atoms with E-state index in [0.29, 0.717) is 28.8 Å². The molecule has 1 aliphatic heterocycles. The Bertz CT molecular complexity index is 1660. The maximum Gasteiger partial charge on any atom is 0.332 e. The first-order chi connectivity index (χ1) is 17.7. The molecule has 5 rings (SSSR count). The van der Waals surface area contributed by atoms with Crippen LogP contribution in [0.1, 0.15) is 59.2 Å². The Labute approximate surface area is 211 Å². The van der Waals surface area contributed by atoms with E-state index in [0.717, 1.165) is 11.0 Å². The molecule has 2 aromatic carbocycles. The van der Waals surface area contributed by atoms with Gasteiger partial charge in [-0.15, -0.1) is 0 Å². The lowest BCUT2D eigenvalue weighted by Crippen LogP contribution is -2.47. The molecule has 1 amide bonds. The molecule has 188 valence electrons. The van der Waals surface area contributed by atoms with Gasteiger partial charge in [0.15, 0.2) is 5.78 Å². The number of rotatable bonds is 5. The molecule has 0 N–H and O–H groups in total. The number of carbonyl (C=O) groups excluding carboxylic acids is 2. The van der Waals surface area contributed by atoms with Crippen LogP contribution in [0.4, 0.5) is 11.5 Å². The van der Waals surface area contributed by atoms with Gasteiger partial charge in [-0.3, -0.25) is 38.5 Å². The molecule has 37 heavy (non-hydrogen) atoms. The lowest BCUT2D eigenvalue weighted by atomic mass is 9.80. The van der Waals surface area contributed by atoms with Crippen molar-refractivity contribution >= 4 is 28.9 Å². The van der Waals surface area contributed by atoms with Gasteiger partial charge in [0.25, 0.3) is 11.2 Å². The third-order valence-electron chi connectivity index (χ3n) is 7.01. The fourth-order valence-corrected chi connectivity index (χ4v) is 5.26. The first-order valence-corrected chi connectivity index (χ1v) is 11.9. The molecule has 3 aromatic rings. The van der Waals surface area contributed by atoms with Gasteiger partial charge in [-0.25, -0.2) is 4.79 Å². The average Bonchev–Trinajstić information content (AvgIpc) is 3.20. The molecule has 0 radical (unpaired) electrons. The molecule has 0 saturated heterocycles. The molecule has 2 aliphatic rings. The van der Waals surface area contributed by atoms with Crippen LogP contribution in [0.3, 0.4) is 0 Å². The summed E-state index contributed by atoms with van der Waals surface area (Å²) in [7, 11) is 2.80. The van der Waals surface area contributed by atoms with Crippen molar-refractivity contribution < 1.29 is 14.5 Å². The highest BCUT2D eigenvalue weighted by molar-refractivity contribution is 6.27. The Morgan fingerprint density at radius 1 is 1.00 bits per heavy atom. The lowest BCUT2D eigenvalue weighted by Gasteiger charge is -2.36. The van der Waals surface area contributed by atoms with E-state index in [4.69, 9.17) is 0 Å². The van der Waals surface area contributed by atoms with Crippen molar-refractivity contribution in [2.24, 2.45) is 14.1 Å². The summed E-state index contributed by atoms with van der Waals surface area (Å²) in [6.07, 6.45) is 1.48. The van der Waals surface area contributed by atoms with Crippen molar-refractivity contribution in [2.75, 3.05) is 4.90 Å². The maximum absolute atomic E-state index is 13.9. The molecule has 2 heterocycles. The van der Waals surface area contributed by atoms with Gasteiger partial charge in [0.05, 0.1) is 16.2 Å². The van der Waals surface area contributed by atoms with Crippen molar-refractivity contribution in [3.8, 4) is 0 Å². The highest BCUT2D eigenvalue weighted by atomic mass is 16.6. The molecule has 1 aliphatic carbocycles. The van der Waals surface area contributed by atoms with Crippen molar-refractivity contribution in [3.63, 3.8) is 0 Å². The summed E-state index contributed by atoms with van der Waals surface area (Å²) in [6, 6.07) is 12.6. The summed E-state index contributed by atoms with van der Waals surface area (Å²) in [5, 5.41) is 11.6. The minimum atomic E-state index is -1.02. The van der Waals surface area contributed by atoms with Crippen LogP contribution in [0, 0.1) is 10.1 Å².